The number of anilines is 1. The van der Waals surface area contributed by atoms with Crippen LogP contribution in [-0.4, -0.2) is 43.9 Å². The third-order valence-corrected chi connectivity index (χ3v) is 3.76. The number of ether oxygens (including phenoxy) is 2. The van der Waals surface area contributed by atoms with Gasteiger partial charge in [0.15, 0.2) is 5.58 Å². The lowest BCUT2D eigenvalue weighted by Gasteiger charge is -2.33. The normalized spacial score (nSPS) is 19.0. The predicted molar refractivity (Wildman–Crippen MR) is 77.6 cm³/mol. The maximum Gasteiger partial charge on any atom is 0.340 e. The monoisotopic (exact) mass is 290 g/mol. The molecule has 0 radical (unpaired) electrons. The van der Waals surface area contributed by atoms with Gasteiger partial charge < -0.3 is 18.8 Å². The van der Waals surface area contributed by atoms with E-state index < -0.39 is 5.97 Å². The van der Waals surface area contributed by atoms with E-state index in [0.29, 0.717) is 35.9 Å². The van der Waals surface area contributed by atoms with Gasteiger partial charge in [0.2, 0.25) is 0 Å². The molecular weight excluding hydrogens is 272 g/mol. The first-order chi connectivity index (χ1) is 10.2. The maximum atomic E-state index is 11.8. The highest BCUT2D eigenvalue weighted by molar-refractivity contribution is 6.01. The molecule has 1 aromatic heterocycles. The summed E-state index contributed by atoms with van der Waals surface area (Å²) in [5.41, 5.74) is 1.56. The zero-order chi connectivity index (χ0) is 14.8. The maximum absolute atomic E-state index is 11.8. The van der Waals surface area contributed by atoms with Gasteiger partial charge in [-0.05, 0) is 18.6 Å². The van der Waals surface area contributed by atoms with Gasteiger partial charge in [-0.1, -0.05) is 13.0 Å². The number of carbonyl (C=O) groups excluding carboxylic acids is 1. The number of hydrogen-bond acceptors (Lipinski definition) is 6. The number of para-hydroxylation sites is 1. The zero-order valence-electron chi connectivity index (χ0n) is 12.2. The fraction of sp³-hybridized carbons (Fsp3) is 0.467. The predicted octanol–water partition coefficient (Wildman–Crippen LogP) is 2.23. The summed E-state index contributed by atoms with van der Waals surface area (Å²) in [6.45, 7) is 4.16. The van der Waals surface area contributed by atoms with Crippen molar-refractivity contribution in [2.24, 2.45) is 0 Å². The Morgan fingerprint density at radius 2 is 2.38 bits per heavy atom. The van der Waals surface area contributed by atoms with Crippen molar-refractivity contribution in [3.63, 3.8) is 0 Å². The van der Waals surface area contributed by atoms with Crippen LogP contribution in [0.15, 0.2) is 22.6 Å². The molecule has 1 aromatic carbocycles. The number of hydrogen-bond donors (Lipinski definition) is 0. The number of carbonyl (C=O) groups is 1. The van der Waals surface area contributed by atoms with Crippen LogP contribution in [0.2, 0.25) is 0 Å². The quantitative estimate of drug-likeness (QED) is 0.808. The fourth-order valence-corrected chi connectivity index (χ4v) is 2.58. The number of nitrogens with zero attached hydrogens (tertiary/aromatic N) is 2. The van der Waals surface area contributed by atoms with Gasteiger partial charge >= 0.3 is 5.97 Å². The van der Waals surface area contributed by atoms with E-state index in [-0.39, 0.29) is 6.04 Å². The van der Waals surface area contributed by atoms with Crippen molar-refractivity contribution in [2.75, 3.05) is 31.8 Å². The van der Waals surface area contributed by atoms with E-state index in [1.807, 2.05) is 0 Å². The number of aromatic nitrogens is 1. The topological polar surface area (TPSA) is 64.8 Å². The highest BCUT2D eigenvalue weighted by atomic mass is 16.5. The lowest BCUT2D eigenvalue weighted by Crippen LogP contribution is -2.45. The third-order valence-electron chi connectivity index (χ3n) is 3.76. The van der Waals surface area contributed by atoms with E-state index in [9.17, 15) is 4.79 Å². The lowest BCUT2D eigenvalue weighted by molar-refractivity contribution is 0.0602. The molecule has 2 aromatic rings. The van der Waals surface area contributed by atoms with Gasteiger partial charge in [0.1, 0.15) is 5.52 Å². The molecule has 0 saturated carbocycles. The van der Waals surface area contributed by atoms with E-state index in [2.05, 4.69) is 16.8 Å². The van der Waals surface area contributed by atoms with Crippen molar-refractivity contribution < 1.29 is 18.7 Å². The van der Waals surface area contributed by atoms with Crippen LogP contribution in [0.25, 0.3) is 11.1 Å². The zero-order valence-corrected chi connectivity index (χ0v) is 12.2. The van der Waals surface area contributed by atoms with Crippen LogP contribution >= 0.6 is 0 Å². The summed E-state index contributed by atoms with van der Waals surface area (Å²) >= 11 is 0. The minimum atomic E-state index is -0.408. The first-order valence-corrected chi connectivity index (χ1v) is 7.06. The molecule has 1 atom stereocenters. The second-order valence-corrected chi connectivity index (χ2v) is 4.97. The molecule has 21 heavy (non-hydrogen) atoms. The summed E-state index contributed by atoms with van der Waals surface area (Å²) in [7, 11) is 1.36. The summed E-state index contributed by atoms with van der Waals surface area (Å²) in [4.78, 5) is 18.4. The molecule has 0 unspecified atom stereocenters. The Labute approximate surface area is 122 Å². The Morgan fingerprint density at radius 1 is 1.52 bits per heavy atom. The molecule has 6 nitrogen and oxygen atoms in total. The van der Waals surface area contributed by atoms with Gasteiger partial charge in [0.05, 0.1) is 31.9 Å². The Balaban J connectivity index is 2.02. The summed E-state index contributed by atoms with van der Waals surface area (Å²) in [5, 5.41) is 0. The molecule has 3 rings (SSSR count). The summed E-state index contributed by atoms with van der Waals surface area (Å²) in [6.07, 6.45) is 0.947. The Hall–Kier alpha value is -2.08. The van der Waals surface area contributed by atoms with Gasteiger partial charge in [-0.25, -0.2) is 4.79 Å². The molecule has 1 aliphatic rings. The molecule has 1 fully saturated rings. The minimum absolute atomic E-state index is 0.244. The minimum Gasteiger partial charge on any atom is -0.465 e. The fourth-order valence-electron chi connectivity index (χ4n) is 2.58. The van der Waals surface area contributed by atoms with Gasteiger partial charge in [-0.2, -0.15) is 4.98 Å². The van der Waals surface area contributed by atoms with Crippen LogP contribution in [0, 0.1) is 0 Å². The molecule has 0 spiro atoms. The molecule has 1 aliphatic heterocycles. The molecule has 6 heteroatoms. The first kappa shape index (κ1) is 13.9. The second-order valence-electron chi connectivity index (χ2n) is 4.97. The number of esters is 1. The average molecular weight is 290 g/mol. The van der Waals surface area contributed by atoms with Crippen LogP contribution in [0.4, 0.5) is 6.01 Å². The Kier molecular flexibility index (Phi) is 3.79. The van der Waals surface area contributed by atoms with Gasteiger partial charge in [-0.15, -0.1) is 0 Å². The standard InChI is InChI=1S/C15H18N2O4/c1-3-10-9-20-8-7-17(10)15-16-13-11(14(18)19-2)5-4-6-12(13)21-15/h4-6,10H,3,7-9H2,1-2H3/t10-/m1/s1. The van der Waals surface area contributed by atoms with Crippen LogP contribution in [0.1, 0.15) is 23.7 Å². The summed E-state index contributed by atoms with van der Waals surface area (Å²) < 4.78 is 16.1. The summed E-state index contributed by atoms with van der Waals surface area (Å²) in [5.74, 6) is -0.408. The van der Waals surface area contributed by atoms with Crippen molar-refractivity contribution in [3.8, 4) is 0 Å². The SMILES string of the molecule is CC[C@@H]1COCCN1c1nc2c(C(=O)OC)cccc2o1. The van der Waals surface area contributed by atoms with Crippen molar-refractivity contribution in [1.82, 2.24) is 4.98 Å². The van der Waals surface area contributed by atoms with Crippen LogP contribution in [-0.2, 0) is 9.47 Å². The number of methoxy groups -OCH3 is 1. The van der Waals surface area contributed by atoms with Gasteiger partial charge in [0.25, 0.3) is 6.01 Å². The first-order valence-electron chi connectivity index (χ1n) is 7.06. The lowest BCUT2D eigenvalue weighted by atomic mass is 10.2. The molecule has 0 N–H and O–H groups in total. The number of benzene rings is 1. The summed E-state index contributed by atoms with van der Waals surface area (Å²) in [6, 6.07) is 6.04. The third kappa shape index (κ3) is 2.47. The largest absolute Gasteiger partial charge is 0.465 e. The molecule has 0 bridgehead atoms. The Bertz CT molecular complexity index is 652. The number of fused-ring (bicyclic) bond motifs is 1. The Morgan fingerprint density at radius 3 is 3.14 bits per heavy atom. The van der Waals surface area contributed by atoms with Crippen molar-refractivity contribution in [1.29, 1.82) is 0 Å². The van der Waals surface area contributed by atoms with E-state index in [1.165, 1.54) is 7.11 Å². The average Bonchev–Trinajstić information content (AvgIpc) is 2.97. The van der Waals surface area contributed by atoms with Gasteiger partial charge in [0, 0.05) is 6.54 Å². The van der Waals surface area contributed by atoms with E-state index >= 15 is 0 Å². The molecule has 0 amide bonds. The van der Waals surface area contributed by atoms with Crippen LogP contribution in [0.3, 0.4) is 0 Å². The molecule has 1 saturated heterocycles. The number of morpholine rings is 1. The molecule has 2 heterocycles. The van der Waals surface area contributed by atoms with Crippen LogP contribution < -0.4 is 4.90 Å². The molecular formula is C15H18N2O4. The second kappa shape index (κ2) is 5.73. The van der Waals surface area contributed by atoms with Crippen molar-refractivity contribution in [2.45, 2.75) is 19.4 Å². The number of rotatable bonds is 3. The highest BCUT2D eigenvalue weighted by Gasteiger charge is 2.26. The molecule has 112 valence electrons. The number of oxazole rings is 1. The van der Waals surface area contributed by atoms with Gasteiger partial charge in [-0.3, -0.25) is 0 Å². The van der Waals surface area contributed by atoms with Crippen LogP contribution in [0.5, 0.6) is 0 Å². The smallest absolute Gasteiger partial charge is 0.340 e. The van der Waals surface area contributed by atoms with Crippen molar-refractivity contribution >= 4 is 23.1 Å². The van der Waals surface area contributed by atoms with E-state index in [4.69, 9.17) is 13.9 Å². The van der Waals surface area contributed by atoms with E-state index in [1.54, 1.807) is 18.2 Å². The highest BCUT2D eigenvalue weighted by Crippen LogP contribution is 2.27. The molecule has 0 aliphatic carbocycles. The van der Waals surface area contributed by atoms with E-state index in [0.717, 1.165) is 13.0 Å². The van der Waals surface area contributed by atoms with Crippen molar-refractivity contribution in [3.05, 3.63) is 23.8 Å².